The van der Waals surface area contributed by atoms with Crippen molar-refractivity contribution in [3.8, 4) is 0 Å². The number of likely N-dealkylation sites (tertiary alicyclic amines) is 1. The van der Waals surface area contributed by atoms with Crippen molar-refractivity contribution in [3.05, 3.63) is 0 Å². The average Bonchev–Trinajstić information content (AvgIpc) is 2.72. The van der Waals surface area contributed by atoms with Crippen LogP contribution in [0.1, 0.15) is 32.6 Å². The summed E-state index contributed by atoms with van der Waals surface area (Å²) in [4.78, 5) is 38.0. The average molecular weight is 294 g/mol. The Morgan fingerprint density at radius 3 is 2.67 bits per heavy atom. The summed E-state index contributed by atoms with van der Waals surface area (Å²) in [7, 11) is 0. The topological polar surface area (TPSA) is 90.5 Å². The van der Waals surface area contributed by atoms with Gasteiger partial charge >= 0.3 is 6.03 Å². The molecule has 0 saturated carbocycles. The lowest BCUT2D eigenvalue weighted by molar-refractivity contribution is -0.145. The molecule has 7 nitrogen and oxygen atoms in total. The van der Waals surface area contributed by atoms with Gasteiger partial charge in [-0.05, 0) is 39.2 Å². The van der Waals surface area contributed by atoms with Crippen molar-refractivity contribution in [2.24, 2.45) is 5.41 Å². The summed E-state index contributed by atoms with van der Waals surface area (Å²) in [6.07, 6.45) is 3.16. The Hall–Kier alpha value is -1.63. The molecule has 7 heteroatoms. The number of urea groups is 1. The van der Waals surface area contributed by atoms with E-state index in [1.165, 1.54) is 0 Å². The van der Waals surface area contributed by atoms with E-state index in [9.17, 15) is 14.4 Å². The SMILES string of the molecule is CC1(C(=O)N2CCCC3(C2)NC(=O)NC3=O)CCCNC1. The smallest absolute Gasteiger partial charge is 0.322 e. The van der Waals surface area contributed by atoms with E-state index in [4.69, 9.17) is 0 Å². The molecular weight excluding hydrogens is 272 g/mol. The van der Waals surface area contributed by atoms with E-state index < -0.39 is 17.0 Å². The second-order valence-electron chi connectivity index (χ2n) is 6.66. The highest BCUT2D eigenvalue weighted by Gasteiger charge is 2.51. The van der Waals surface area contributed by atoms with Crippen molar-refractivity contribution in [2.75, 3.05) is 26.2 Å². The Morgan fingerprint density at radius 1 is 1.24 bits per heavy atom. The number of carbonyl (C=O) groups excluding carboxylic acids is 3. The van der Waals surface area contributed by atoms with Crippen LogP contribution in [0.15, 0.2) is 0 Å². The third-order valence-corrected chi connectivity index (χ3v) is 4.91. The molecule has 21 heavy (non-hydrogen) atoms. The minimum absolute atomic E-state index is 0.0859. The van der Waals surface area contributed by atoms with Crippen LogP contribution in [0.2, 0.25) is 0 Å². The summed E-state index contributed by atoms with van der Waals surface area (Å²) >= 11 is 0. The molecule has 3 heterocycles. The molecule has 2 atom stereocenters. The van der Waals surface area contributed by atoms with Crippen molar-refractivity contribution in [1.29, 1.82) is 0 Å². The largest absolute Gasteiger partial charge is 0.339 e. The molecule has 3 fully saturated rings. The molecule has 0 aliphatic carbocycles. The summed E-state index contributed by atoms with van der Waals surface area (Å²) in [5.74, 6) is -0.223. The first-order valence-corrected chi connectivity index (χ1v) is 7.59. The second-order valence-corrected chi connectivity index (χ2v) is 6.66. The quantitative estimate of drug-likeness (QED) is 0.573. The molecule has 3 saturated heterocycles. The van der Waals surface area contributed by atoms with Gasteiger partial charge in [-0.3, -0.25) is 14.9 Å². The lowest BCUT2D eigenvalue weighted by Gasteiger charge is -2.43. The highest BCUT2D eigenvalue weighted by molar-refractivity contribution is 6.07. The fraction of sp³-hybridized carbons (Fsp3) is 0.786. The Morgan fingerprint density at radius 2 is 2.05 bits per heavy atom. The molecule has 0 bridgehead atoms. The van der Waals surface area contributed by atoms with Crippen LogP contribution in [0.25, 0.3) is 0 Å². The second kappa shape index (κ2) is 4.98. The van der Waals surface area contributed by atoms with Crippen molar-refractivity contribution in [2.45, 2.75) is 38.1 Å². The van der Waals surface area contributed by atoms with Crippen LogP contribution in [-0.2, 0) is 9.59 Å². The van der Waals surface area contributed by atoms with E-state index in [0.29, 0.717) is 19.5 Å². The number of nitrogens with one attached hydrogen (secondary N) is 3. The molecular formula is C14H22N4O3. The van der Waals surface area contributed by atoms with Gasteiger partial charge in [0.25, 0.3) is 5.91 Å². The first kappa shape index (κ1) is 14.3. The molecule has 1 spiro atoms. The number of hydrogen-bond donors (Lipinski definition) is 3. The number of imide groups is 1. The van der Waals surface area contributed by atoms with E-state index >= 15 is 0 Å². The number of carbonyl (C=O) groups is 3. The fourth-order valence-electron chi connectivity index (χ4n) is 3.66. The van der Waals surface area contributed by atoms with Gasteiger partial charge in [0.15, 0.2) is 0 Å². The maximum Gasteiger partial charge on any atom is 0.322 e. The number of piperidine rings is 2. The van der Waals surface area contributed by atoms with Gasteiger partial charge in [0.05, 0.1) is 12.0 Å². The standard InChI is InChI=1S/C14H22N4O3/c1-13(4-2-6-15-8-13)11(20)18-7-3-5-14(9-18)10(19)16-12(21)17-14/h15H,2-9H2,1H3,(H2,16,17,19,21). The molecule has 3 rings (SSSR count). The zero-order valence-electron chi connectivity index (χ0n) is 12.3. The van der Waals surface area contributed by atoms with Crippen LogP contribution in [0, 0.1) is 5.41 Å². The predicted octanol–water partition coefficient (Wildman–Crippen LogP) is -0.423. The minimum atomic E-state index is -0.927. The van der Waals surface area contributed by atoms with Gasteiger partial charge in [-0.1, -0.05) is 0 Å². The molecule has 2 unspecified atom stereocenters. The van der Waals surface area contributed by atoms with E-state index in [1.807, 2.05) is 6.92 Å². The zero-order chi connectivity index (χ0) is 15.1. The van der Waals surface area contributed by atoms with E-state index in [0.717, 1.165) is 25.8 Å². The lowest BCUT2D eigenvalue weighted by Crippen LogP contribution is -2.62. The maximum atomic E-state index is 12.8. The monoisotopic (exact) mass is 294 g/mol. The normalized spacial score (nSPS) is 36.5. The van der Waals surface area contributed by atoms with E-state index in [2.05, 4.69) is 16.0 Å². The zero-order valence-corrected chi connectivity index (χ0v) is 12.3. The number of hydrogen-bond acceptors (Lipinski definition) is 4. The summed E-state index contributed by atoms with van der Waals surface area (Å²) in [6.45, 7) is 4.54. The molecule has 3 aliphatic rings. The Kier molecular flexibility index (Phi) is 3.39. The number of amides is 4. The van der Waals surface area contributed by atoms with Crippen molar-refractivity contribution >= 4 is 17.8 Å². The van der Waals surface area contributed by atoms with E-state index in [1.54, 1.807) is 4.90 Å². The summed E-state index contributed by atoms with van der Waals surface area (Å²) in [5, 5.41) is 8.27. The number of nitrogens with zero attached hydrogens (tertiary/aromatic N) is 1. The van der Waals surface area contributed by atoms with Gasteiger partial charge < -0.3 is 15.5 Å². The third-order valence-electron chi connectivity index (χ3n) is 4.91. The molecule has 0 aromatic rings. The van der Waals surface area contributed by atoms with Crippen molar-refractivity contribution in [1.82, 2.24) is 20.9 Å². The Balaban J connectivity index is 1.75. The van der Waals surface area contributed by atoms with Crippen LogP contribution in [0.5, 0.6) is 0 Å². The van der Waals surface area contributed by atoms with Gasteiger partial charge in [0.2, 0.25) is 5.91 Å². The van der Waals surface area contributed by atoms with Crippen LogP contribution in [0.4, 0.5) is 4.79 Å². The molecule has 116 valence electrons. The first-order chi connectivity index (χ1) is 9.95. The molecule has 0 aromatic heterocycles. The highest BCUT2D eigenvalue weighted by Crippen LogP contribution is 2.32. The van der Waals surface area contributed by atoms with Crippen LogP contribution < -0.4 is 16.0 Å². The fourth-order valence-corrected chi connectivity index (χ4v) is 3.66. The molecule has 3 aliphatic heterocycles. The van der Waals surface area contributed by atoms with Crippen molar-refractivity contribution < 1.29 is 14.4 Å². The van der Waals surface area contributed by atoms with Crippen molar-refractivity contribution in [3.63, 3.8) is 0 Å². The van der Waals surface area contributed by atoms with Crippen LogP contribution in [-0.4, -0.2) is 54.5 Å². The molecule has 3 N–H and O–H groups in total. The maximum absolute atomic E-state index is 12.8. The van der Waals surface area contributed by atoms with Crippen LogP contribution in [0.3, 0.4) is 0 Å². The predicted molar refractivity (Wildman–Crippen MR) is 75.4 cm³/mol. The first-order valence-electron chi connectivity index (χ1n) is 7.59. The van der Waals surface area contributed by atoms with Gasteiger partial charge in [-0.15, -0.1) is 0 Å². The van der Waals surface area contributed by atoms with Gasteiger partial charge in [-0.2, -0.15) is 0 Å². The highest BCUT2D eigenvalue weighted by atomic mass is 16.2. The summed E-state index contributed by atoms with van der Waals surface area (Å²) < 4.78 is 0. The van der Waals surface area contributed by atoms with E-state index in [-0.39, 0.29) is 18.4 Å². The third kappa shape index (κ3) is 2.39. The molecule has 0 aromatic carbocycles. The van der Waals surface area contributed by atoms with Gasteiger partial charge in [0, 0.05) is 13.1 Å². The van der Waals surface area contributed by atoms with Crippen LogP contribution >= 0.6 is 0 Å². The lowest BCUT2D eigenvalue weighted by atomic mass is 9.80. The van der Waals surface area contributed by atoms with Gasteiger partial charge in [0.1, 0.15) is 5.54 Å². The summed E-state index contributed by atoms with van der Waals surface area (Å²) in [6, 6.07) is -0.458. The van der Waals surface area contributed by atoms with Gasteiger partial charge in [-0.25, -0.2) is 4.79 Å². The minimum Gasteiger partial charge on any atom is -0.339 e. The molecule has 0 radical (unpaired) electrons. The Bertz CT molecular complexity index is 487. The number of rotatable bonds is 1. The summed E-state index contributed by atoms with van der Waals surface area (Å²) in [5.41, 5.74) is -1.33. The molecule has 4 amide bonds. The Labute approximate surface area is 123 Å².